The van der Waals surface area contributed by atoms with Crippen LogP contribution in [0.5, 0.6) is 0 Å². The minimum Gasteiger partial charge on any atom is -0.351 e. The molecule has 1 atom stereocenters. The topological polar surface area (TPSA) is 75.3 Å². The summed E-state index contributed by atoms with van der Waals surface area (Å²) in [6, 6.07) is 9.17. The number of piperidine rings is 1. The van der Waals surface area contributed by atoms with Crippen LogP contribution in [-0.2, 0) is 27.4 Å². The molecule has 156 valence electrons. The highest BCUT2D eigenvalue weighted by Crippen LogP contribution is 2.32. The van der Waals surface area contributed by atoms with Gasteiger partial charge in [0.25, 0.3) is 0 Å². The van der Waals surface area contributed by atoms with Gasteiger partial charge in [0.15, 0.2) is 0 Å². The number of halogens is 3. The summed E-state index contributed by atoms with van der Waals surface area (Å²) in [5.41, 5.74) is -0.327. The number of alkyl halides is 3. The summed E-state index contributed by atoms with van der Waals surface area (Å²) in [6.07, 6.45) is -1.81. The van der Waals surface area contributed by atoms with E-state index in [2.05, 4.69) is 10.6 Å². The summed E-state index contributed by atoms with van der Waals surface area (Å²) in [4.78, 5) is 11.6. The summed E-state index contributed by atoms with van der Waals surface area (Å²) >= 11 is 0. The van der Waals surface area contributed by atoms with Gasteiger partial charge < -0.3 is 10.6 Å². The van der Waals surface area contributed by atoms with Gasteiger partial charge in [0.1, 0.15) is 0 Å². The lowest BCUT2D eigenvalue weighted by Crippen LogP contribution is -2.46. The van der Waals surface area contributed by atoms with Crippen molar-refractivity contribution in [2.45, 2.75) is 47.8 Å². The lowest BCUT2D eigenvalue weighted by Gasteiger charge is -2.22. The Kier molecular flexibility index (Phi) is 6.28. The van der Waals surface area contributed by atoms with Crippen LogP contribution >= 0.6 is 0 Å². The van der Waals surface area contributed by atoms with Crippen LogP contribution in [0, 0.1) is 0 Å². The van der Waals surface area contributed by atoms with Gasteiger partial charge in [0, 0.05) is 6.54 Å². The van der Waals surface area contributed by atoms with E-state index in [4.69, 9.17) is 0 Å². The maximum atomic E-state index is 12.9. The Hall–Kier alpha value is -2.39. The van der Waals surface area contributed by atoms with E-state index >= 15 is 0 Å². The van der Waals surface area contributed by atoms with E-state index in [0.29, 0.717) is 11.6 Å². The summed E-state index contributed by atoms with van der Waals surface area (Å²) in [5.74, 6) is -0.106. The smallest absolute Gasteiger partial charge is 0.351 e. The molecule has 0 bridgehead atoms. The number of carbonyl (C=O) groups is 1. The van der Waals surface area contributed by atoms with Gasteiger partial charge in [-0.25, -0.2) is 8.42 Å². The minimum absolute atomic E-state index is 0.106. The van der Waals surface area contributed by atoms with Crippen LogP contribution in [0.3, 0.4) is 0 Å². The molecule has 0 saturated carbocycles. The molecule has 1 saturated heterocycles. The predicted molar refractivity (Wildman–Crippen MR) is 101 cm³/mol. The maximum absolute atomic E-state index is 12.9. The Labute approximate surface area is 167 Å². The fourth-order valence-corrected chi connectivity index (χ4v) is 4.46. The first-order chi connectivity index (χ1) is 13.7. The van der Waals surface area contributed by atoms with E-state index in [0.717, 1.165) is 44.0 Å². The molecule has 5 nitrogen and oxygen atoms in total. The third-order valence-corrected chi connectivity index (χ3v) is 6.57. The largest absolute Gasteiger partial charge is 0.416 e. The molecule has 2 N–H and O–H groups in total. The molecule has 29 heavy (non-hydrogen) atoms. The van der Waals surface area contributed by atoms with Crippen molar-refractivity contribution in [3.05, 3.63) is 59.7 Å². The molecule has 2 aromatic rings. The van der Waals surface area contributed by atoms with Crippen LogP contribution in [0.15, 0.2) is 58.3 Å². The quantitative estimate of drug-likeness (QED) is 0.770. The van der Waals surface area contributed by atoms with Crippen molar-refractivity contribution in [2.24, 2.45) is 0 Å². The Morgan fingerprint density at radius 3 is 2.41 bits per heavy atom. The Morgan fingerprint density at radius 1 is 1.07 bits per heavy atom. The zero-order chi connectivity index (χ0) is 21.1. The Bertz CT molecular complexity index is 967. The molecule has 9 heteroatoms. The Balaban J connectivity index is 1.70. The highest BCUT2D eigenvalue weighted by molar-refractivity contribution is 7.91. The summed E-state index contributed by atoms with van der Waals surface area (Å²) in [7, 11) is -4.08. The standard InChI is InChI=1S/C20H21F3N2O3S/c21-20(22,23)15-4-3-5-17(12-15)29(27,28)16-9-7-14(8-10-16)13-25-19(26)18-6-1-2-11-24-18/h3-5,7-10,12,18,24H,1-2,6,11,13H2,(H,25,26). The number of benzene rings is 2. The second-order valence-corrected chi connectivity index (χ2v) is 8.84. The molecule has 3 rings (SSSR count). The summed E-state index contributed by atoms with van der Waals surface area (Å²) in [6.45, 7) is 1.04. The van der Waals surface area contributed by atoms with E-state index in [1.165, 1.54) is 24.3 Å². The average Bonchev–Trinajstić information content (AvgIpc) is 2.72. The van der Waals surface area contributed by atoms with Crippen LogP contribution in [0.1, 0.15) is 30.4 Å². The molecule has 1 unspecified atom stereocenters. The molecular formula is C20H21F3N2O3S. The zero-order valence-electron chi connectivity index (χ0n) is 15.5. The number of rotatable bonds is 5. The van der Waals surface area contributed by atoms with Crippen LogP contribution in [-0.4, -0.2) is 26.9 Å². The van der Waals surface area contributed by atoms with E-state index in [9.17, 15) is 26.4 Å². The van der Waals surface area contributed by atoms with Gasteiger partial charge in [-0.1, -0.05) is 24.6 Å². The molecule has 1 heterocycles. The minimum atomic E-state index is -4.62. The third kappa shape index (κ3) is 5.16. The molecule has 0 spiro atoms. The molecule has 0 aliphatic carbocycles. The molecule has 1 amide bonds. The average molecular weight is 426 g/mol. The molecule has 1 aliphatic heterocycles. The van der Waals surface area contributed by atoms with Crippen LogP contribution < -0.4 is 10.6 Å². The first-order valence-electron chi connectivity index (χ1n) is 9.20. The molecular weight excluding hydrogens is 405 g/mol. The van der Waals surface area contributed by atoms with Crippen molar-refractivity contribution in [3.63, 3.8) is 0 Å². The normalized spacial score (nSPS) is 17.7. The number of nitrogens with one attached hydrogen (secondary N) is 2. The van der Waals surface area contributed by atoms with Crippen molar-refractivity contribution in [1.29, 1.82) is 0 Å². The van der Waals surface area contributed by atoms with Crippen LogP contribution in [0.4, 0.5) is 13.2 Å². The van der Waals surface area contributed by atoms with Gasteiger partial charge in [0.2, 0.25) is 15.7 Å². The monoisotopic (exact) mass is 426 g/mol. The van der Waals surface area contributed by atoms with Crippen molar-refractivity contribution >= 4 is 15.7 Å². The van der Waals surface area contributed by atoms with Gasteiger partial charge in [-0.2, -0.15) is 13.2 Å². The third-order valence-electron chi connectivity index (χ3n) is 4.80. The SMILES string of the molecule is O=C(NCc1ccc(S(=O)(=O)c2cccc(C(F)(F)F)c2)cc1)C1CCCCN1. The molecule has 2 aromatic carbocycles. The molecule has 0 aromatic heterocycles. The Morgan fingerprint density at radius 2 is 1.79 bits per heavy atom. The second-order valence-electron chi connectivity index (χ2n) is 6.89. The number of sulfone groups is 1. The number of amides is 1. The van der Waals surface area contributed by atoms with Crippen LogP contribution in [0.2, 0.25) is 0 Å². The predicted octanol–water partition coefficient (Wildman–Crippen LogP) is 3.30. The van der Waals surface area contributed by atoms with E-state index in [1.54, 1.807) is 0 Å². The lowest BCUT2D eigenvalue weighted by molar-refractivity contribution is -0.137. The highest BCUT2D eigenvalue weighted by Gasteiger charge is 2.32. The van der Waals surface area contributed by atoms with E-state index in [-0.39, 0.29) is 23.4 Å². The van der Waals surface area contributed by atoms with Crippen molar-refractivity contribution in [3.8, 4) is 0 Å². The molecule has 1 aliphatic rings. The van der Waals surface area contributed by atoms with E-state index < -0.39 is 26.5 Å². The summed E-state index contributed by atoms with van der Waals surface area (Å²) < 4.78 is 63.9. The highest BCUT2D eigenvalue weighted by atomic mass is 32.2. The van der Waals surface area contributed by atoms with Gasteiger partial charge >= 0.3 is 6.18 Å². The van der Waals surface area contributed by atoms with Crippen molar-refractivity contribution in [1.82, 2.24) is 10.6 Å². The van der Waals surface area contributed by atoms with Gasteiger partial charge in [0.05, 0.1) is 21.4 Å². The summed E-state index contributed by atoms with van der Waals surface area (Å²) in [5, 5.41) is 5.95. The fraction of sp³-hybridized carbons (Fsp3) is 0.350. The number of hydrogen-bond donors (Lipinski definition) is 2. The van der Waals surface area contributed by atoms with E-state index in [1.807, 2.05) is 0 Å². The zero-order valence-corrected chi connectivity index (χ0v) is 16.3. The van der Waals surface area contributed by atoms with Gasteiger partial charge in [-0.3, -0.25) is 4.79 Å². The second kappa shape index (κ2) is 8.54. The first-order valence-corrected chi connectivity index (χ1v) is 10.7. The molecule has 1 fully saturated rings. The fourth-order valence-electron chi connectivity index (χ4n) is 3.15. The van der Waals surface area contributed by atoms with Gasteiger partial charge in [-0.15, -0.1) is 0 Å². The van der Waals surface area contributed by atoms with Crippen molar-refractivity contribution in [2.75, 3.05) is 6.54 Å². The van der Waals surface area contributed by atoms with Gasteiger partial charge in [-0.05, 0) is 55.3 Å². The number of hydrogen-bond acceptors (Lipinski definition) is 4. The molecule has 0 radical (unpaired) electrons. The van der Waals surface area contributed by atoms with Crippen molar-refractivity contribution < 1.29 is 26.4 Å². The maximum Gasteiger partial charge on any atom is 0.416 e. The first kappa shape index (κ1) is 21.3. The lowest BCUT2D eigenvalue weighted by atomic mass is 10.0. The van der Waals surface area contributed by atoms with Crippen LogP contribution in [0.25, 0.3) is 0 Å². The number of carbonyl (C=O) groups excluding carboxylic acids is 1.